The van der Waals surface area contributed by atoms with E-state index in [4.69, 9.17) is 25.8 Å². The first-order valence-corrected chi connectivity index (χ1v) is 12.8. The van der Waals surface area contributed by atoms with Crippen LogP contribution in [0.2, 0.25) is 5.02 Å². The van der Waals surface area contributed by atoms with Crippen LogP contribution in [0.15, 0.2) is 65.8 Å². The molecule has 0 radical (unpaired) electrons. The minimum atomic E-state index is -3.57. The molecule has 0 aliphatic rings. The molecule has 3 aromatic rings. The van der Waals surface area contributed by atoms with Gasteiger partial charge in [0.05, 0.1) is 46.0 Å². The van der Waals surface area contributed by atoms with Crippen molar-refractivity contribution >= 4 is 39.4 Å². The number of sulfonamides is 1. The van der Waals surface area contributed by atoms with E-state index in [9.17, 15) is 13.2 Å². The van der Waals surface area contributed by atoms with E-state index in [2.05, 4.69) is 10.5 Å². The summed E-state index contributed by atoms with van der Waals surface area (Å²) < 4.78 is 42.0. The van der Waals surface area contributed by atoms with E-state index in [-0.39, 0.29) is 6.54 Å². The number of rotatable bonds is 10. The maximum atomic E-state index is 12.5. The summed E-state index contributed by atoms with van der Waals surface area (Å²) in [5, 5.41) is 4.55. The summed E-state index contributed by atoms with van der Waals surface area (Å²) in [6.07, 6.45) is 2.57. The zero-order chi connectivity index (χ0) is 26.3. The van der Waals surface area contributed by atoms with Gasteiger partial charge in [0.15, 0.2) is 11.5 Å². The minimum Gasteiger partial charge on any atom is -0.493 e. The molecule has 3 rings (SSSR count). The Balaban J connectivity index is 1.73. The third-order valence-electron chi connectivity index (χ3n) is 5.12. The van der Waals surface area contributed by atoms with E-state index < -0.39 is 15.9 Å². The summed E-state index contributed by atoms with van der Waals surface area (Å²) in [6.45, 7) is 0.126. The smallest absolute Gasteiger partial charge is 0.271 e. The van der Waals surface area contributed by atoms with Crippen molar-refractivity contribution in [3.05, 3.63) is 82.4 Å². The van der Waals surface area contributed by atoms with Crippen LogP contribution in [0.3, 0.4) is 0 Å². The van der Waals surface area contributed by atoms with Gasteiger partial charge in [-0.05, 0) is 54.1 Å². The maximum Gasteiger partial charge on any atom is 0.271 e. The van der Waals surface area contributed by atoms with E-state index in [1.54, 1.807) is 48.5 Å². The summed E-state index contributed by atoms with van der Waals surface area (Å²) in [6, 6.07) is 16.5. The number of amides is 1. The minimum absolute atomic E-state index is 0.126. The van der Waals surface area contributed by atoms with Gasteiger partial charge in [-0.1, -0.05) is 23.7 Å². The number of ether oxygens (including phenoxy) is 3. The molecule has 0 heterocycles. The highest BCUT2D eigenvalue weighted by molar-refractivity contribution is 7.92. The lowest BCUT2D eigenvalue weighted by atomic mass is 10.2. The number of hydrogen-bond donors (Lipinski definition) is 1. The van der Waals surface area contributed by atoms with Crippen molar-refractivity contribution in [3.63, 3.8) is 0 Å². The van der Waals surface area contributed by atoms with Crippen LogP contribution < -0.4 is 23.9 Å². The van der Waals surface area contributed by atoms with E-state index in [1.165, 1.54) is 44.0 Å². The predicted molar refractivity (Wildman–Crippen MR) is 140 cm³/mol. The van der Waals surface area contributed by atoms with Crippen LogP contribution in [-0.4, -0.2) is 48.1 Å². The zero-order valence-electron chi connectivity index (χ0n) is 20.2. The average molecular weight is 532 g/mol. The second kappa shape index (κ2) is 11.8. The van der Waals surface area contributed by atoms with Crippen molar-refractivity contribution in [1.82, 2.24) is 5.43 Å². The average Bonchev–Trinajstić information content (AvgIpc) is 2.87. The molecule has 0 spiro atoms. The van der Waals surface area contributed by atoms with Crippen molar-refractivity contribution in [1.29, 1.82) is 0 Å². The Labute approximate surface area is 215 Å². The first-order chi connectivity index (χ1) is 17.2. The maximum absolute atomic E-state index is 12.5. The van der Waals surface area contributed by atoms with Gasteiger partial charge in [0.25, 0.3) is 5.91 Å². The standard InChI is InChI=1S/C25H26ClN3O6S/c1-33-22-13-18(14-23(34-2)24(22)35-3)15-27-28-25(30)19-7-11-21(12-8-19)29(36(4,31)32)16-17-5-9-20(26)10-6-17/h5-15H,16H2,1-4H3,(H,28,30)/b27-15-. The summed E-state index contributed by atoms with van der Waals surface area (Å²) in [5.41, 5.74) is 4.56. The number of nitrogens with zero attached hydrogens (tertiary/aromatic N) is 2. The number of benzene rings is 3. The molecule has 11 heteroatoms. The van der Waals surface area contributed by atoms with Crippen LogP contribution in [0.4, 0.5) is 5.69 Å². The molecule has 0 fully saturated rings. The first kappa shape index (κ1) is 26.8. The summed E-state index contributed by atoms with van der Waals surface area (Å²) in [4.78, 5) is 12.5. The lowest BCUT2D eigenvalue weighted by Crippen LogP contribution is -2.29. The van der Waals surface area contributed by atoms with Gasteiger partial charge in [-0.15, -0.1) is 0 Å². The Bertz CT molecular complexity index is 1320. The molecule has 0 unspecified atom stereocenters. The zero-order valence-corrected chi connectivity index (χ0v) is 21.8. The SMILES string of the molecule is COc1cc(/C=N\NC(=O)c2ccc(N(Cc3ccc(Cl)cc3)S(C)(=O)=O)cc2)cc(OC)c1OC. The van der Waals surface area contributed by atoms with Gasteiger partial charge in [-0.2, -0.15) is 5.10 Å². The second-order valence-electron chi connectivity index (χ2n) is 7.60. The number of carbonyl (C=O) groups excluding carboxylic acids is 1. The van der Waals surface area contributed by atoms with Gasteiger partial charge in [0, 0.05) is 16.1 Å². The van der Waals surface area contributed by atoms with Gasteiger partial charge < -0.3 is 14.2 Å². The van der Waals surface area contributed by atoms with E-state index in [0.717, 1.165) is 11.8 Å². The van der Waals surface area contributed by atoms with E-state index in [1.807, 2.05) is 0 Å². The van der Waals surface area contributed by atoms with Gasteiger partial charge in [0.2, 0.25) is 15.8 Å². The van der Waals surface area contributed by atoms with E-state index in [0.29, 0.717) is 39.1 Å². The molecule has 1 amide bonds. The van der Waals surface area contributed by atoms with Crippen molar-refractivity contribution < 1.29 is 27.4 Å². The van der Waals surface area contributed by atoms with Crippen LogP contribution in [0.5, 0.6) is 17.2 Å². The van der Waals surface area contributed by atoms with Gasteiger partial charge in [-0.3, -0.25) is 9.10 Å². The Morgan fingerprint density at radius 2 is 1.56 bits per heavy atom. The number of hydrazone groups is 1. The van der Waals surface area contributed by atoms with Crippen molar-refractivity contribution in [3.8, 4) is 17.2 Å². The highest BCUT2D eigenvalue weighted by Crippen LogP contribution is 2.37. The van der Waals surface area contributed by atoms with Crippen LogP contribution in [0.1, 0.15) is 21.5 Å². The molecule has 0 aromatic heterocycles. The lowest BCUT2D eigenvalue weighted by molar-refractivity contribution is 0.0955. The van der Waals surface area contributed by atoms with Crippen molar-refractivity contribution in [2.45, 2.75) is 6.54 Å². The molecule has 0 atom stereocenters. The second-order valence-corrected chi connectivity index (χ2v) is 9.94. The Hall–Kier alpha value is -3.76. The third kappa shape index (κ3) is 6.67. The lowest BCUT2D eigenvalue weighted by Gasteiger charge is -2.22. The molecular formula is C25H26ClN3O6S. The number of methoxy groups -OCH3 is 3. The summed E-state index contributed by atoms with van der Waals surface area (Å²) in [7, 11) is 0.940. The number of halogens is 1. The number of nitrogens with one attached hydrogen (secondary N) is 1. The summed E-state index contributed by atoms with van der Waals surface area (Å²) in [5.74, 6) is 0.887. The number of carbonyl (C=O) groups is 1. The molecule has 9 nitrogen and oxygen atoms in total. The monoisotopic (exact) mass is 531 g/mol. The van der Waals surface area contributed by atoms with Crippen molar-refractivity contribution in [2.75, 3.05) is 31.9 Å². The van der Waals surface area contributed by atoms with Crippen LogP contribution >= 0.6 is 11.6 Å². The van der Waals surface area contributed by atoms with Crippen LogP contribution in [-0.2, 0) is 16.6 Å². The molecule has 36 heavy (non-hydrogen) atoms. The Kier molecular flexibility index (Phi) is 8.78. The fraction of sp³-hybridized carbons (Fsp3) is 0.200. The fourth-order valence-corrected chi connectivity index (χ4v) is 4.35. The van der Waals surface area contributed by atoms with Crippen molar-refractivity contribution in [2.24, 2.45) is 5.10 Å². The molecule has 0 saturated heterocycles. The van der Waals surface area contributed by atoms with Crippen LogP contribution in [0.25, 0.3) is 0 Å². The summed E-state index contributed by atoms with van der Waals surface area (Å²) >= 11 is 5.92. The first-order valence-electron chi connectivity index (χ1n) is 10.6. The molecule has 0 saturated carbocycles. The molecule has 0 bridgehead atoms. The normalized spacial score (nSPS) is 11.2. The number of hydrogen-bond acceptors (Lipinski definition) is 7. The quantitative estimate of drug-likeness (QED) is 0.312. The molecular weight excluding hydrogens is 506 g/mol. The third-order valence-corrected chi connectivity index (χ3v) is 6.52. The van der Waals surface area contributed by atoms with Gasteiger partial charge in [0.1, 0.15) is 0 Å². The fourth-order valence-electron chi connectivity index (χ4n) is 3.34. The topological polar surface area (TPSA) is 107 Å². The van der Waals surface area contributed by atoms with Gasteiger partial charge >= 0.3 is 0 Å². The molecule has 0 aliphatic carbocycles. The predicted octanol–water partition coefficient (Wildman–Crippen LogP) is 4.10. The molecule has 3 aromatic carbocycles. The largest absolute Gasteiger partial charge is 0.493 e. The van der Waals surface area contributed by atoms with E-state index >= 15 is 0 Å². The Morgan fingerprint density at radius 3 is 2.06 bits per heavy atom. The molecule has 1 N–H and O–H groups in total. The highest BCUT2D eigenvalue weighted by atomic mass is 35.5. The van der Waals surface area contributed by atoms with Crippen LogP contribution in [0, 0.1) is 0 Å². The molecule has 0 aliphatic heterocycles. The van der Waals surface area contributed by atoms with Gasteiger partial charge in [-0.25, -0.2) is 13.8 Å². The molecule has 190 valence electrons. The Morgan fingerprint density at radius 1 is 0.972 bits per heavy atom. The number of anilines is 1. The highest BCUT2D eigenvalue weighted by Gasteiger charge is 2.18.